The zero-order valence-corrected chi connectivity index (χ0v) is 10.5. The molecule has 0 aliphatic rings. The molecule has 0 spiro atoms. The number of hydrogen-bond donors (Lipinski definition) is 1. The van der Waals surface area contributed by atoms with Gasteiger partial charge in [-0.3, -0.25) is 0 Å². The third-order valence-corrected chi connectivity index (χ3v) is 2.77. The number of benzene rings is 1. The van der Waals surface area contributed by atoms with Gasteiger partial charge in [0, 0.05) is 12.0 Å². The molecule has 0 fully saturated rings. The summed E-state index contributed by atoms with van der Waals surface area (Å²) in [5, 5.41) is 0. The monoisotopic (exact) mass is 244 g/mol. The fourth-order valence-corrected chi connectivity index (χ4v) is 1.72. The molecule has 0 saturated heterocycles. The molecule has 2 N–H and O–H groups in total. The van der Waals surface area contributed by atoms with E-state index in [9.17, 15) is 0 Å². The van der Waals surface area contributed by atoms with Gasteiger partial charge in [0.2, 0.25) is 0 Å². The number of methoxy groups -OCH3 is 2. The molecule has 2 rings (SSSR count). The van der Waals surface area contributed by atoms with Gasteiger partial charge in [-0.1, -0.05) is 12.1 Å². The fourth-order valence-electron chi connectivity index (χ4n) is 1.72. The van der Waals surface area contributed by atoms with Crippen LogP contribution in [0.25, 0.3) is 0 Å². The van der Waals surface area contributed by atoms with E-state index in [1.165, 1.54) is 0 Å². The van der Waals surface area contributed by atoms with Crippen LogP contribution in [0, 0.1) is 0 Å². The first-order valence-corrected chi connectivity index (χ1v) is 5.64. The molecule has 0 radical (unpaired) electrons. The Bertz CT molecular complexity index is 524. The minimum atomic E-state index is 0.534. The third kappa shape index (κ3) is 2.71. The van der Waals surface area contributed by atoms with E-state index in [4.69, 9.17) is 15.2 Å². The van der Waals surface area contributed by atoms with E-state index in [1.807, 2.05) is 30.3 Å². The van der Waals surface area contributed by atoms with E-state index < -0.39 is 0 Å². The van der Waals surface area contributed by atoms with Crippen molar-refractivity contribution in [3.8, 4) is 11.5 Å². The highest BCUT2D eigenvalue weighted by atomic mass is 16.5. The Balaban J connectivity index is 2.21. The van der Waals surface area contributed by atoms with Crippen molar-refractivity contribution in [2.75, 3.05) is 20.0 Å². The second kappa shape index (κ2) is 5.40. The van der Waals surface area contributed by atoms with E-state index in [-0.39, 0.29) is 0 Å². The highest BCUT2D eigenvalue weighted by Crippen LogP contribution is 2.21. The molecule has 0 amide bonds. The number of hydrogen-bond acceptors (Lipinski definition) is 4. The summed E-state index contributed by atoms with van der Waals surface area (Å²) in [4.78, 5) is 4.11. The minimum Gasteiger partial charge on any atom is -0.497 e. The highest BCUT2D eigenvalue weighted by Gasteiger charge is 2.04. The molecule has 0 aliphatic carbocycles. The number of ether oxygens (including phenoxy) is 2. The van der Waals surface area contributed by atoms with E-state index in [0.29, 0.717) is 11.6 Å². The van der Waals surface area contributed by atoms with E-state index in [2.05, 4.69) is 4.98 Å². The van der Waals surface area contributed by atoms with Crippen LogP contribution in [0.1, 0.15) is 11.1 Å². The number of rotatable bonds is 4. The van der Waals surface area contributed by atoms with Gasteiger partial charge in [0.1, 0.15) is 17.3 Å². The molecular weight excluding hydrogens is 228 g/mol. The zero-order chi connectivity index (χ0) is 13.0. The first-order chi connectivity index (χ1) is 8.72. The van der Waals surface area contributed by atoms with Crippen LogP contribution >= 0.6 is 0 Å². The molecular formula is C14H16N2O2. The lowest BCUT2D eigenvalue weighted by atomic mass is 10.1. The Morgan fingerprint density at radius 3 is 2.33 bits per heavy atom. The molecule has 1 aromatic carbocycles. The van der Waals surface area contributed by atoms with Crippen molar-refractivity contribution < 1.29 is 9.47 Å². The van der Waals surface area contributed by atoms with Gasteiger partial charge in [-0.15, -0.1) is 0 Å². The maximum atomic E-state index is 5.86. The van der Waals surface area contributed by atoms with Crippen molar-refractivity contribution in [3.05, 3.63) is 47.7 Å². The zero-order valence-electron chi connectivity index (χ0n) is 10.5. The summed E-state index contributed by atoms with van der Waals surface area (Å²) in [6, 6.07) is 9.79. The summed E-state index contributed by atoms with van der Waals surface area (Å²) in [5.41, 5.74) is 7.97. The Labute approximate surface area is 106 Å². The largest absolute Gasteiger partial charge is 0.497 e. The summed E-state index contributed by atoms with van der Waals surface area (Å²) in [6.07, 6.45) is 2.34. The Morgan fingerprint density at radius 2 is 1.72 bits per heavy atom. The van der Waals surface area contributed by atoms with Crippen LogP contribution < -0.4 is 15.2 Å². The van der Waals surface area contributed by atoms with Gasteiger partial charge in [-0.25, -0.2) is 4.98 Å². The summed E-state index contributed by atoms with van der Waals surface area (Å²) in [5.74, 6) is 2.09. The van der Waals surface area contributed by atoms with Crippen molar-refractivity contribution in [2.24, 2.45) is 0 Å². The number of nitrogens with zero attached hydrogens (tertiary/aromatic N) is 1. The molecule has 4 heteroatoms. The molecule has 1 aromatic heterocycles. The van der Waals surface area contributed by atoms with Crippen LogP contribution in [0.5, 0.6) is 11.5 Å². The summed E-state index contributed by atoms with van der Waals surface area (Å²) >= 11 is 0. The van der Waals surface area contributed by atoms with E-state index in [1.54, 1.807) is 20.4 Å². The maximum absolute atomic E-state index is 5.86. The predicted octanol–water partition coefficient (Wildman–Crippen LogP) is 2.27. The van der Waals surface area contributed by atoms with Crippen LogP contribution in [0.15, 0.2) is 36.5 Å². The molecule has 1 heterocycles. The van der Waals surface area contributed by atoms with Gasteiger partial charge < -0.3 is 15.2 Å². The van der Waals surface area contributed by atoms with Crippen molar-refractivity contribution in [1.82, 2.24) is 4.98 Å². The van der Waals surface area contributed by atoms with Gasteiger partial charge in [-0.05, 0) is 23.8 Å². The molecule has 0 bridgehead atoms. The number of nitrogen functional groups attached to an aromatic ring is 1. The predicted molar refractivity (Wildman–Crippen MR) is 71.0 cm³/mol. The van der Waals surface area contributed by atoms with Crippen molar-refractivity contribution in [3.63, 3.8) is 0 Å². The van der Waals surface area contributed by atoms with Crippen LogP contribution in [-0.4, -0.2) is 19.2 Å². The van der Waals surface area contributed by atoms with Crippen LogP contribution in [-0.2, 0) is 6.42 Å². The number of pyridine rings is 1. The number of aromatic nitrogens is 1. The quantitative estimate of drug-likeness (QED) is 0.896. The molecule has 4 nitrogen and oxygen atoms in total. The SMILES string of the molecule is COc1ccc(Cc2cc(OC)cnc2N)cc1. The third-order valence-electron chi connectivity index (χ3n) is 2.77. The Kier molecular flexibility index (Phi) is 3.67. The van der Waals surface area contributed by atoms with Crippen LogP contribution in [0.2, 0.25) is 0 Å². The average Bonchev–Trinajstić information content (AvgIpc) is 2.42. The highest BCUT2D eigenvalue weighted by molar-refractivity contribution is 5.46. The van der Waals surface area contributed by atoms with Gasteiger partial charge in [-0.2, -0.15) is 0 Å². The summed E-state index contributed by atoms with van der Waals surface area (Å²) in [7, 11) is 3.27. The van der Waals surface area contributed by atoms with Gasteiger partial charge in [0.15, 0.2) is 0 Å². The Hall–Kier alpha value is -2.23. The normalized spacial score (nSPS) is 10.1. The molecule has 0 unspecified atom stereocenters. The summed E-state index contributed by atoms with van der Waals surface area (Å²) in [6.45, 7) is 0. The molecule has 0 atom stereocenters. The minimum absolute atomic E-state index is 0.534. The van der Waals surface area contributed by atoms with Crippen molar-refractivity contribution in [2.45, 2.75) is 6.42 Å². The first-order valence-electron chi connectivity index (χ1n) is 5.64. The van der Waals surface area contributed by atoms with E-state index >= 15 is 0 Å². The topological polar surface area (TPSA) is 57.4 Å². The first kappa shape index (κ1) is 12.2. The second-order valence-electron chi connectivity index (χ2n) is 3.94. The molecule has 94 valence electrons. The molecule has 18 heavy (non-hydrogen) atoms. The molecule has 0 aliphatic heterocycles. The van der Waals surface area contributed by atoms with Gasteiger partial charge in [0.25, 0.3) is 0 Å². The second-order valence-corrected chi connectivity index (χ2v) is 3.94. The maximum Gasteiger partial charge on any atom is 0.137 e. The standard InChI is InChI=1S/C14H16N2O2/c1-17-12-5-3-10(4-6-12)7-11-8-13(18-2)9-16-14(11)15/h3-6,8-9H,7H2,1-2H3,(H2,15,16). The van der Waals surface area contributed by atoms with Gasteiger partial charge >= 0.3 is 0 Å². The average molecular weight is 244 g/mol. The van der Waals surface area contributed by atoms with Gasteiger partial charge in [0.05, 0.1) is 20.4 Å². The van der Waals surface area contributed by atoms with Crippen molar-refractivity contribution >= 4 is 5.82 Å². The molecule has 2 aromatic rings. The molecule has 0 saturated carbocycles. The lowest BCUT2D eigenvalue weighted by molar-refractivity contribution is 0.412. The lowest BCUT2D eigenvalue weighted by Gasteiger charge is -2.08. The fraction of sp³-hybridized carbons (Fsp3) is 0.214. The van der Waals surface area contributed by atoms with Crippen LogP contribution in [0.3, 0.4) is 0 Å². The lowest BCUT2D eigenvalue weighted by Crippen LogP contribution is -1.99. The number of nitrogens with two attached hydrogens (primary N) is 1. The number of anilines is 1. The van der Waals surface area contributed by atoms with E-state index in [0.717, 1.165) is 23.3 Å². The van der Waals surface area contributed by atoms with Crippen molar-refractivity contribution in [1.29, 1.82) is 0 Å². The Morgan fingerprint density at radius 1 is 1.06 bits per heavy atom. The smallest absolute Gasteiger partial charge is 0.137 e. The summed E-state index contributed by atoms with van der Waals surface area (Å²) < 4.78 is 10.3. The van der Waals surface area contributed by atoms with Crippen LogP contribution in [0.4, 0.5) is 5.82 Å².